The number of ketones is 1. The van der Waals surface area contributed by atoms with Crippen molar-refractivity contribution < 1.29 is 28.7 Å². The van der Waals surface area contributed by atoms with E-state index < -0.39 is 18.5 Å². The van der Waals surface area contributed by atoms with Crippen LogP contribution in [0.25, 0.3) is 0 Å². The number of likely N-dealkylation sites (tertiary alicyclic amines) is 1. The van der Waals surface area contributed by atoms with Crippen LogP contribution >= 0.6 is 0 Å². The molecule has 1 aliphatic heterocycles. The number of piperidine rings is 1. The Balaban J connectivity index is 1.76. The van der Waals surface area contributed by atoms with Gasteiger partial charge >= 0.3 is 12.1 Å². The molecular formula is C18H25N3O6. The van der Waals surface area contributed by atoms with Crippen molar-refractivity contribution in [3.8, 4) is 0 Å². The quantitative estimate of drug-likeness (QED) is 0.586. The van der Waals surface area contributed by atoms with E-state index in [1.165, 1.54) is 23.8 Å². The molecule has 1 aromatic rings. The van der Waals surface area contributed by atoms with Gasteiger partial charge in [-0.25, -0.2) is 9.59 Å². The van der Waals surface area contributed by atoms with Crippen LogP contribution in [-0.4, -0.2) is 65.6 Å². The number of hydrogen-bond donors (Lipinski definition) is 1. The fourth-order valence-electron chi connectivity index (χ4n) is 2.86. The first-order valence-electron chi connectivity index (χ1n) is 8.87. The minimum Gasteiger partial charge on any atom is -0.451 e. The van der Waals surface area contributed by atoms with Crippen LogP contribution in [-0.2, 0) is 21.3 Å². The van der Waals surface area contributed by atoms with E-state index in [2.05, 4.69) is 5.32 Å². The third-order valence-electron chi connectivity index (χ3n) is 4.34. The smallest absolute Gasteiger partial charge is 0.409 e. The molecule has 0 bridgehead atoms. The van der Waals surface area contributed by atoms with Crippen molar-refractivity contribution in [2.45, 2.75) is 32.7 Å². The second kappa shape index (κ2) is 9.20. The number of carbonyl (C=O) groups excluding carboxylic acids is 4. The van der Waals surface area contributed by atoms with E-state index in [1.807, 2.05) is 0 Å². The van der Waals surface area contributed by atoms with Crippen molar-refractivity contribution in [3.63, 3.8) is 0 Å². The number of hydrogen-bond acceptors (Lipinski definition) is 6. The molecule has 0 atom stereocenters. The van der Waals surface area contributed by atoms with Gasteiger partial charge in [-0.15, -0.1) is 0 Å². The second-order valence-corrected chi connectivity index (χ2v) is 6.38. The maximum atomic E-state index is 12.1. The van der Waals surface area contributed by atoms with Gasteiger partial charge in [0.2, 0.25) is 0 Å². The molecule has 0 saturated carbocycles. The topological polar surface area (TPSA) is 107 Å². The molecule has 1 aliphatic rings. The second-order valence-electron chi connectivity index (χ2n) is 6.38. The van der Waals surface area contributed by atoms with Crippen molar-refractivity contribution >= 4 is 23.8 Å². The predicted octanol–water partition coefficient (Wildman–Crippen LogP) is 1.12. The van der Waals surface area contributed by atoms with Gasteiger partial charge in [0.15, 0.2) is 12.4 Å². The average Bonchev–Trinajstić information content (AvgIpc) is 3.03. The highest BCUT2D eigenvalue weighted by Crippen LogP contribution is 2.12. The first kappa shape index (κ1) is 20.5. The maximum absolute atomic E-state index is 12.1. The predicted molar refractivity (Wildman–Crippen MR) is 95.5 cm³/mol. The first-order valence-corrected chi connectivity index (χ1v) is 8.87. The first-order chi connectivity index (χ1) is 12.8. The standard InChI is InChI=1S/C18H25N3O6/c1-4-26-18(25)21-7-5-14(6-8-21)19-16(23)11-27-17(24)15-9-13(12(2)22)10-20(15)3/h9-10,14H,4-8,11H2,1-3H3,(H,19,23). The summed E-state index contributed by atoms with van der Waals surface area (Å²) in [6, 6.07) is 1.36. The lowest BCUT2D eigenvalue weighted by atomic mass is 10.1. The van der Waals surface area contributed by atoms with Gasteiger partial charge in [0.25, 0.3) is 5.91 Å². The zero-order valence-corrected chi connectivity index (χ0v) is 15.8. The Labute approximate surface area is 157 Å². The Hall–Kier alpha value is -2.84. The molecule has 0 aliphatic carbocycles. The summed E-state index contributed by atoms with van der Waals surface area (Å²) in [6.07, 6.45) is 2.41. The zero-order chi connectivity index (χ0) is 20.0. The number of aryl methyl sites for hydroxylation is 1. The highest BCUT2D eigenvalue weighted by molar-refractivity contribution is 5.98. The van der Waals surface area contributed by atoms with E-state index >= 15 is 0 Å². The van der Waals surface area contributed by atoms with Crippen molar-refractivity contribution in [2.24, 2.45) is 7.05 Å². The Kier molecular flexibility index (Phi) is 6.98. The fourth-order valence-corrected chi connectivity index (χ4v) is 2.86. The van der Waals surface area contributed by atoms with Gasteiger partial charge in [0.1, 0.15) is 5.69 Å². The molecule has 9 nitrogen and oxygen atoms in total. The summed E-state index contributed by atoms with van der Waals surface area (Å²) < 4.78 is 11.5. The third kappa shape index (κ3) is 5.57. The number of nitrogens with zero attached hydrogens (tertiary/aromatic N) is 2. The van der Waals surface area contributed by atoms with Gasteiger partial charge in [-0.05, 0) is 32.8 Å². The van der Waals surface area contributed by atoms with E-state index in [1.54, 1.807) is 18.9 Å². The molecule has 2 amide bonds. The van der Waals surface area contributed by atoms with Gasteiger partial charge < -0.3 is 24.3 Å². The largest absolute Gasteiger partial charge is 0.451 e. The maximum Gasteiger partial charge on any atom is 0.409 e. The van der Waals surface area contributed by atoms with E-state index in [-0.39, 0.29) is 23.6 Å². The molecule has 1 aromatic heterocycles. The number of esters is 1. The van der Waals surface area contributed by atoms with Gasteiger partial charge in [0, 0.05) is 37.9 Å². The summed E-state index contributed by atoms with van der Waals surface area (Å²) in [5.74, 6) is -1.23. The average molecular weight is 379 g/mol. The molecule has 148 valence electrons. The molecule has 1 N–H and O–H groups in total. The molecule has 1 fully saturated rings. The van der Waals surface area contributed by atoms with Crippen molar-refractivity contribution in [1.82, 2.24) is 14.8 Å². The lowest BCUT2D eigenvalue weighted by Gasteiger charge is -2.31. The van der Waals surface area contributed by atoms with Crippen LogP contribution in [0.3, 0.4) is 0 Å². The number of amides is 2. The normalized spacial score (nSPS) is 14.6. The van der Waals surface area contributed by atoms with Crippen LogP contribution in [0, 0.1) is 0 Å². The van der Waals surface area contributed by atoms with Crippen LogP contribution in [0.2, 0.25) is 0 Å². The van der Waals surface area contributed by atoms with E-state index in [0.717, 1.165) is 0 Å². The van der Waals surface area contributed by atoms with E-state index in [9.17, 15) is 19.2 Å². The Morgan fingerprint density at radius 3 is 2.41 bits per heavy atom. The number of aromatic nitrogens is 1. The molecule has 0 aromatic carbocycles. The molecule has 0 spiro atoms. The highest BCUT2D eigenvalue weighted by atomic mass is 16.6. The minimum atomic E-state index is -0.669. The lowest BCUT2D eigenvalue weighted by Crippen LogP contribution is -2.47. The van der Waals surface area contributed by atoms with E-state index in [4.69, 9.17) is 9.47 Å². The number of Topliss-reactive ketones (excluding diaryl/α,β-unsaturated/α-hetero) is 1. The van der Waals surface area contributed by atoms with Crippen molar-refractivity contribution in [1.29, 1.82) is 0 Å². The summed E-state index contributed by atoms with van der Waals surface area (Å²) in [6.45, 7) is 4.09. The fraction of sp³-hybridized carbons (Fsp3) is 0.556. The number of carbonyl (C=O) groups is 4. The molecule has 2 heterocycles. The third-order valence-corrected chi connectivity index (χ3v) is 4.34. The Bertz CT molecular complexity index is 719. The Morgan fingerprint density at radius 2 is 1.85 bits per heavy atom. The van der Waals surface area contributed by atoms with Gasteiger partial charge in [-0.3, -0.25) is 9.59 Å². The van der Waals surface area contributed by atoms with Crippen LogP contribution in [0.4, 0.5) is 4.79 Å². The van der Waals surface area contributed by atoms with Crippen molar-refractivity contribution in [2.75, 3.05) is 26.3 Å². The highest BCUT2D eigenvalue weighted by Gasteiger charge is 2.25. The molecule has 0 unspecified atom stereocenters. The van der Waals surface area contributed by atoms with Crippen LogP contribution in [0.15, 0.2) is 12.3 Å². The van der Waals surface area contributed by atoms with Crippen molar-refractivity contribution in [3.05, 3.63) is 23.5 Å². The summed E-state index contributed by atoms with van der Waals surface area (Å²) in [4.78, 5) is 48.7. The van der Waals surface area contributed by atoms with Crippen LogP contribution in [0.1, 0.15) is 47.5 Å². The SMILES string of the molecule is CCOC(=O)N1CCC(NC(=O)COC(=O)c2cc(C(C)=O)cn2C)CC1. The van der Waals surface area contributed by atoms with E-state index in [0.29, 0.717) is 38.1 Å². The summed E-state index contributed by atoms with van der Waals surface area (Å²) in [5.41, 5.74) is 0.609. The summed E-state index contributed by atoms with van der Waals surface area (Å²) >= 11 is 0. The molecule has 9 heteroatoms. The lowest BCUT2D eigenvalue weighted by molar-refractivity contribution is -0.125. The molecule has 1 saturated heterocycles. The minimum absolute atomic E-state index is 0.0822. The van der Waals surface area contributed by atoms with Gasteiger partial charge in [-0.2, -0.15) is 0 Å². The number of rotatable bonds is 6. The zero-order valence-electron chi connectivity index (χ0n) is 15.8. The monoisotopic (exact) mass is 379 g/mol. The molecular weight excluding hydrogens is 354 g/mol. The van der Waals surface area contributed by atoms with Gasteiger partial charge in [0.05, 0.1) is 6.61 Å². The Morgan fingerprint density at radius 1 is 1.19 bits per heavy atom. The van der Waals surface area contributed by atoms with Crippen LogP contribution in [0.5, 0.6) is 0 Å². The number of ether oxygens (including phenoxy) is 2. The summed E-state index contributed by atoms with van der Waals surface area (Å²) in [5, 5.41) is 2.80. The molecule has 0 radical (unpaired) electrons. The van der Waals surface area contributed by atoms with Gasteiger partial charge in [-0.1, -0.05) is 0 Å². The molecule has 27 heavy (non-hydrogen) atoms. The summed E-state index contributed by atoms with van der Waals surface area (Å²) in [7, 11) is 1.63. The number of nitrogens with one attached hydrogen (secondary N) is 1. The molecule has 2 rings (SSSR count). The van der Waals surface area contributed by atoms with Crippen LogP contribution < -0.4 is 5.32 Å².